The molecule has 0 aromatic heterocycles. The summed E-state index contributed by atoms with van der Waals surface area (Å²) in [6, 6.07) is 24.2. The van der Waals surface area contributed by atoms with Gasteiger partial charge in [-0.2, -0.15) is 0 Å². The zero-order valence-electron chi connectivity index (χ0n) is 14.0. The van der Waals surface area contributed by atoms with Crippen LogP contribution in [-0.2, 0) is 0 Å². The molecule has 0 fully saturated rings. The van der Waals surface area contributed by atoms with Crippen molar-refractivity contribution in [1.29, 1.82) is 0 Å². The Morgan fingerprint density at radius 3 is 2.04 bits per heavy atom. The van der Waals surface area contributed by atoms with Crippen LogP contribution in [0.3, 0.4) is 0 Å². The highest BCUT2D eigenvalue weighted by Gasteiger charge is 2.09. The lowest BCUT2D eigenvalue weighted by Crippen LogP contribution is -1.86. The van der Waals surface area contributed by atoms with Crippen LogP contribution in [0.25, 0.3) is 44.5 Å². The summed E-state index contributed by atoms with van der Waals surface area (Å²) < 4.78 is 0. The second-order valence-corrected chi connectivity index (χ2v) is 6.59. The zero-order chi connectivity index (χ0) is 17.7. The first-order chi connectivity index (χ1) is 12.7. The van der Waals surface area contributed by atoms with Gasteiger partial charge in [0.05, 0.1) is 0 Å². The van der Waals surface area contributed by atoms with E-state index < -0.39 is 0 Å². The minimum atomic E-state index is -0.109. The minimum Gasteiger partial charge on any atom is -0.504 e. The summed E-state index contributed by atoms with van der Waals surface area (Å²) in [6.07, 6.45) is 4.00. The molecule has 0 amide bonds. The first kappa shape index (κ1) is 14.8. The Morgan fingerprint density at radius 2 is 1.27 bits per heavy atom. The molecule has 0 aliphatic rings. The molecule has 5 aromatic rings. The predicted octanol–water partition coefficient (Wildman–Crippen LogP) is 6.17. The maximum atomic E-state index is 9.67. The van der Waals surface area contributed by atoms with E-state index in [0.29, 0.717) is 0 Å². The van der Waals surface area contributed by atoms with E-state index in [9.17, 15) is 10.2 Å². The van der Waals surface area contributed by atoms with Crippen molar-refractivity contribution >= 4 is 44.5 Å². The predicted molar refractivity (Wildman–Crippen MR) is 109 cm³/mol. The van der Waals surface area contributed by atoms with E-state index in [1.807, 2.05) is 6.08 Å². The van der Waals surface area contributed by atoms with E-state index >= 15 is 0 Å². The highest BCUT2D eigenvalue weighted by atomic mass is 16.3. The number of aromatic hydroxyl groups is 2. The van der Waals surface area contributed by atoms with Crippen molar-refractivity contribution in [2.45, 2.75) is 0 Å². The smallest absolute Gasteiger partial charge is 0.157 e. The van der Waals surface area contributed by atoms with Crippen LogP contribution in [0, 0.1) is 0 Å². The number of phenolic OH excluding ortho intramolecular Hbond substituents is 2. The fourth-order valence-corrected chi connectivity index (χ4v) is 3.73. The van der Waals surface area contributed by atoms with Crippen LogP contribution in [0.4, 0.5) is 0 Å². The first-order valence-electron chi connectivity index (χ1n) is 8.57. The van der Waals surface area contributed by atoms with Gasteiger partial charge < -0.3 is 10.2 Å². The molecule has 0 atom stereocenters. The first-order valence-corrected chi connectivity index (χ1v) is 8.57. The van der Waals surface area contributed by atoms with Gasteiger partial charge in [-0.15, -0.1) is 0 Å². The van der Waals surface area contributed by atoms with E-state index in [-0.39, 0.29) is 11.5 Å². The maximum absolute atomic E-state index is 9.67. The Kier molecular flexibility index (Phi) is 3.13. The molecular weight excluding hydrogens is 320 g/mol. The number of hydrogen-bond acceptors (Lipinski definition) is 2. The van der Waals surface area contributed by atoms with Crippen molar-refractivity contribution in [2.75, 3.05) is 0 Å². The van der Waals surface area contributed by atoms with Crippen molar-refractivity contribution in [2.24, 2.45) is 0 Å². The minimum absolute atomic E-state index is 0.107. The Labute approximate surface area is 150 Å². The molecule has 0 bridgehead atoms. The number of rotatable bonds is 2. The van der Waals surface area contributed by atoms with Crippen molar-refractivity contribution in [3.63, 3.8) is 0 Å². The summed E-state index contributed by atoms with van der Waals surface area (Å²) in [5, 5.41) is 26.7. The van der Waals surface area contributed by atoms with E-state index in [1.165, 1.54) is 38.4 Å². The largest absolute Gasteiger partial charge is 0.504 e. The van der Waals surface area contributed by atoms with Gasteiger partial charge in [0.25, 0.3) is 0 Å². The molecule has 124 valence electrons. The summed E-state index contributed by atoms with van der Waals surface area (Å²) in [7, 11) is 0. The van der Waals surface area contributed by atoms with Gasteiger partial charge in [-0.05, 0) is 55.6 Å². The molecule has 0 aliphatic carbocycles. The summed E-state index contributed by atoms with van der Waals surface area (Å²) >= 11 is 0. The van der Waals surface area contributed by atoms with Gasteiger partial charge in [0.15, 0.2) is 11.5 Å². The molecule has 0 saturated carbocycles. The van der Waals surface area contributed by atoms with Crippen molar-refractivity contribution < 1.29 is 10.2 Å². The average molecular weight is 336 g/mol. The normalized spacial score (nSPS) is 12.0. The number of benzene rings is 5. The van der Waals surface area contributed by atoms with Gasteiger partial charge >= 0.3 is 0 Å². The quantitative estimate of drug-likeness (QED) is 0.230. The average Bonchev–Trinajstić information content (AvgIpc) is 2.67. The monoisotopic (exact) mass is 336 g/mol. The standard InChI is InChI=1S/C24H16O2/c25-21-13-5-15(14-22(21)26)4-6-16-7-8-19-10-9-17-2-1-3-18-11-12-20(16)24(19)23(17)18/h1-14,25-26H. The molecule has 0 aliphatic heterocycles. The van der Waals surface area contributed by atoms with Crippen LogP contribution >= 0.6 is 0 Å². The lowest BCUT2D eigenvalue weighted by molar-refractivity contribution is 0.403. The summed E-state index contributed by atoms with van der Waals surface area (Å²) in [5.74, 6) is -0.215. The molecule has 5 aromatic carbocycles. The van der Waals surface area contributed by atoms with E-state index in [4.69, 9.17) is 0 Å². The number of phenols is 2. The third-order valence-electron chi connectivity index (χ3n) is 5.02. The van der Waals surface area contributed by atoms with Gasteiger partial charge in [0.1, 0.15) is 0 Å². The topological polar surface area (TPSA) is 40.5 Å². The van der Waals surface area contributed by atoms with E-state index in [0.717, 1.165) is 11.1 Å². The van der Waals surface area contributed by atoms with Crippen molar-refractivity contribution in [1.82, 2.24) is 0 Å². The fraction of sp³-hybridized carbons (Fsp3) is 0. The maximum Gasteiger partial charge on any atom is 0.157 e. The van der Waals surface area contributed by atoms with Crippen LogP contribution in [0.1, 0.15) is 11.1 Å². The molecule has 26 heavy (non-hydrogen) atoms. The summed E-state index contributed by atoms with van der Waals surface area (Å²) in [6.45, 7) is 0. The van der Waals surface area contributed by atoms with Crippen molar-refractivity contribution in [3.8, 4) is 11.5 Å². The molecular formula is C24H16O2. The third-order valence-corrected chi connectivity index (χ3v) is 5.02. The third kappa shape index (κ3) is 2.20. The Bertz CT molecular complexity index is 1280. The van der Waals surface area contributed by atoms with E-state index in [1.54, 1.807) is 12.1 Å². The molecule has 2 N–H and O–H groups in total. The lowest BCUT2D eigenvalue weighted by Gasteiger charge is -2.12. The molecule has 0 saturated heterocycles. The molecule has 0 unspecified atom stereocenters. The fourth-order valence-electron chi connectivity index (χ4n) is 3.73. The molecule has 5 rings (SSSR count). The van der Waals surface area contributed by atoms with Crippen LogP contribution in [-0.4, -0.2) is 10.2 Å². The van der Waals surface area contributed by atoms with Crippen LogP contribution in [0.5, 0.6) is 11.5 Å². The van der Waals surface area contributed by atoms with Gasteiger partial charge in [0, 0.05) is 0 Å². The number of hydrogen-bond donors (Lipinski definition) is 2. The Hall–Kier alpha value is -3.52. The van der Waals surface area contributed by atoms with Gasteiger partial charge in [-0.25, -0.2) is 0 Å². The Balaban J connectivity index is 1.73. The van der Waals surface area contributed by atoms with Crippen LogP contribution in [0.15, 0.2) is 72.8 Å². The second-order valence-electron chi connectivity index (χ2n) is 6.59. The van der Waals surface area contributed by atoms with Gasteiger partial charge in [0.2, 0.25) is 0 Å². The lowest BCUT2D eigenvalue weighted by atomic mass is 9.92. The molecule has 2 heteroatoms. The highest BCUT2D eigenvalue weighted by molar-refractivity contribution is 6.24. The Morgan fingerprint density at radius 1 is 0.577 bits per heavy atom. The zero-order valence-corrected chi connectivity index (χ0v) is 14.0. The van der Waals surface area contributed by atoms with Crippen molar-refractivity contribution in [3.05, 3.63) is 83.9 Å². The highest BCUT2D eigenvalue weighted by Crippen LogP contribution is 2.36. The molecule has 2 nitrogen and oxygen atoms in total. The SMILES string of the molecule is Oc1ccc(C=Cc2ccc3ccc4cccc5ccc2c3c45)cc1O. The molecule has 0 spiro atoms. The second kappa shape index (κ2) is 5.50. The van der Waals surface area contributed by atoms with E-state index in [2.05, 4.69) is 60.7 Å². The molecule has 0 radical (unpaired) electrons. The molecule has 0 heterocycles. The van der Waals surface area contributed by atoms with Gasteiger partial charge in [-0.1, -0.05) is 72.8 Å². The summed E-state index contributed by atoms with van der Waals surface area (Å²) in [4.78, 5) is 0. The van der Waals surface area contributed by atoms with Crippen LogP contribution < -0.4 is 0 Å². The van der Waals surface area contributed by atoms with Gasteiger partial charge in [-0.3, -0.25) is 0 Å². The van der Waals surface area contributed by atoms with Crippen LogP contribution in [0.2, 0.25) is 0 Å². The summed E-state index contributed by atoms with van der Waals surface area (Å²) in [5.41, 5.74) is 1.97.